The smallest absolute Gasteiger partial charge is 0.309 e. The summed E-state index contributed by atoms with van der Waals surface area (Å²) in [6.45, 7) is 0.168. The van der Waals surface area contributed by atoms with Crippen molar-refractivity contribution >= 4 is 40.1 Å². The highest BCUT2D eigenvalue weighted by Crippen LogP contribution is 2.37. The van der Waals surface area contributed by atoms with Crippen LogP contribution >= 0.6 is 11.3 Å². The Morgan fingerprint density at radius 3 is 2.61 bits per heavy atom. The summed E-state index contributed by atoms with van der Waals surface area (Å²) in [5.41, 5.74) is -0.189. The number of esters is 1. The highest BCUT2D eigenvalue weighted by atomic mass is 32.1. The number of aromatic nitrogens is 4. The number of halogens is 2. The van der Waals surface area contributed by atoms with Gasteiger partial charge in [0.1, 0.15) is 17.3 Å². The number of piperidine rings is 1. The summed E-state index contributed by atoms with van der Waals surface area (Å²) in [5, 5.41) is 11.3. The van der Waals surface area contributed by atoms with Gasteiger partial charge in [0.25, 0.3) is 12.3 Å². The molecule has 3 aromatic rings. The predicted octanol–water partition coefficient (Wildman–Crippen LogP) is 3.87. The molecule has 0 radical (unpaired) electrons. The van der Waals surface area contributed by atoms with Gasteiger partial charge in [-0.05, 0) is 37.3 Å². The van der Waals surface area contributed by atoms with Crippen LogP contribution in [0.5, 0.6) is 5.75 Å². The SMILES string of the molecule is COC(=O)C1CCN(c2cc(-c3cc(C(F)F)ncc3OC)c(C(=O)Nc3nnc(C#CC4CC4)s3)cn2)C(=O)C1. The van der Waals surface area contributed by atoms with Crippen LogP contribution in [0.15, 0.2) is 24.5 Å². The van der Waals surface area contributed by atoms with Crippen molar-refractivity contribution in [3.8, 4) is 28.7 Å². The monoisotopic (exact) mass is 582 g/mol. The molecule has 1 saturated carbocycles. The molecule has 4 heterocycles. The molecule has 1 saturated heterocycles. The van der Waals surface area contributed by atoms with Crippen molar-refractivity contribution in [1.29, 1.82) is 0 Å². The Balaban J connectivity index is 1.51. The molecule has 5 rings (SSSR count). The highest BCUT2D eigenvalue weighted by Gasteiger charge is 2.33. The van der Waals surface area contributed by atoms with Gasteiger partial charge in [-0.3, -0.25) is 29.6 Å². The van der Waals surface area contributed by atoms with Crippen molar-refractivity contribution in [2.24, 2.45) is 11.8 Å². The minimum atomic E-state index is -2.88. The highest BCUT2D eigenvalue weighted by molar-refractivity contribution is 7.15. The van der Waals surface area contributed by atoms with Crippen LogP contribution in [0.3, 0.4) is 0 Å². The molecule has 0 bridgehead atoms. The largest absolute Gasteiger partial charge is 0.494 e. The summed E-state index contributed by atoms with van der Waals surface area (Å²) in [6.07, 6.45) is 1.88. The van der Waals surface area contributed by atoms with Crippen LogP contribution in [0, 0.1) is 23.7 Å². The third kappa shape index (κ3) is 6.30. The van der Waals surface area contributed by atoms with Crippen molar-refractivity contribution in [2.45, 2.75) is 32.1 Å². The van der Waals surface area contributed by atoms with Crippen LogP contribution in [0.2, 0.25) is 0 Å². The van der Waals surface area contributed by atoms with Crippen LogP contribution in [-0.2, 0) is 14.3 Å². The number of ether oxygens (including phenoxy) is 2. The first-order valence-corrected chi connectivity index (χ1v) is 13.5. The molecule has 11 nitrogen and oxygen atoms in total. The van der Waals surface area contributed by atoms with E-state index in [-0.39, 0.29) is 52.3 Å². The summed E-state index contributed by atoms with van der Waals surface area (Å²) in [6, 6.07) is 2.58. The van der Waals surface area contributed by atoms with Gasteiger partial charge in [0.15, 0.2) is 5.01 Å². The van der Waals surface area contributed by atoms with Crippen molar-refractivity contribution in [2.75, 3.05) is 31.0 Å². The molecule has 14 heteroatoms. The number of methoxy groups -OCH3 is 2. The van der Waals surface area contributed by atoms with E-state index in [1.807, 2.05) is 0 Å². The van der Waals surface area contributed by atoms with Crippen molar-refractivity contribution in [3.05, 3.63) is 40.8 Å². The molecular weight excluding hydrogens is 558 g/mol. The topological polar surface area (TPSA) is 136 Å². The van der Waals surface area contributed by atoms with Crippen molar-refractivity contribution in [3.63, 3.8) is 0 Å². The van der Waals surface area contributed by atoms with Gasteiger partial charge in [0, 0.05) is 36.2 Å². The summed E-state index contributed by atoms with van der Waals surface area (Å²) in [5.74, 6) is 4.64. The lowest BCUT2D eigenvalue weighted by molar-refractivity contribution is -0.148. The standard InChI is InChI=1S/C27H24F2N6O5S/c1-39-20-13-30-19(24(28)29)10-17(20)16-11-21(35-8-7-15(9-23(35)36)26(38)40-2)31-12-18(16)25(37)32-27-34-33-22(41-27)6-5-14-3-4-14/h10-15,24H,3-4,7-9H2,1-2H3,(H,32,34,37). The zero-order chi connectivity index (χ0) is 29.1. The second kappa shape index (κ2) is 11.9. The van der Waals surface area contributed by atoms with Gasteiger partial charge < -0.3 is 9.47 Å². The quantitative estimate of drug-likeness (QED) is 0.325. The first kappa shape index (κ1) is 28.0. The molecular formula is C27H24F2N6O5S. The Labute approximate surface area is 237 Å². The number of alkyl halides is 2. The van der Waals surface area contributed by atoms with Crippen LogP contribution < -0.4 is 15.0 Å². The third-order valence-corrected chi connectivity index (χ3v) is 7.35. The Morgan fingerprint density at radius 2 is 1.93 bits per heavy atom. The molecule has 2 amide bonds. The fourth-order valence-electron chi connectivity index (χ4n) is 4.27. The Morgan fingerprint density at radius 1 is 1.12 bits per heavy atom. The average molecular weight is 583 g/mol. The summed E-state index contributed by atoms with van der Waals surface area (Å²) < 4.78 is 37.4. The number of hydrogen-bond donors (Lipinski definition) is 1. The van der Waals surface area contributed by atoms with E-state index >= 15 is 0 Å². The maximum Gasteiger partial charge on any atom is 0.309 e. The molecule has 2 fully saturated rings. The van der Waals surface area contributed by atoms with Gasteiger partial charge in [-0.2, -0.15) is 0 Å². The molecule has 1 N–H and O–H groups in total. The van der Waals surface area contributed by atoms with Gasteiger partial charge in [-0.15, -0.1) is 10.2 Å². The summed E-state index contributed by atoms with van der Waals surface area (Å²) >= 11 is 1.10. The normalized spacial score (nSPS) is 16.7. The minimum absolute atomic E-state index is 0.0103. The van der Waals surface area contributed by atoms with E-state index in [4.69, 9.17) is 9.47 Å². The van der Waals surface area contributed by atoms with E-state index in [0.29, 0.717) is 17.3 Å². The molecule has 1 aliphatic heterocycles. The number of nitrogens with zero attached hydrogens (tertiary/aromatic N) is 5. The third-order valence-electron chi connectivity index (χ3n) is 6.60. The number of amides is 2. The molecule has 2 aliphatic rings. The fourth-order valence-corrected chi connectivity index (χ4v) is 4.87. The van der Waals surface area contributed by atoms with E-state index in [1.54, 1.807) is 0 Å². The number of pyridine rings is 2. The van der Waals surface area contributed by atoms with E-state index in [1.165, 1.54) is 31.4 Å². The molecule has 212 valence electrons. The van der Waals surface area contributed by atoms with Crippen LogP contribution in [-0.4, -0.2) is 58.7 Å². The zero-order valence-electron chi connectivity index (χ0n) is 22.0. The molecule has 0 spiro atoms. The zero-order valence-corrected chi connectivity index (χ0v) is 22.8. The minimum Gasteiger partial charge on any atom is -0.494 e. The van der Waals surface area contributed by atoms with Crippen molar-refractivity contribution in [1.82, 2.24) is 20.2 Å². The number of nitrogens with one attached hydrogen (secondary N) is 1. The average Bonchev–Trinajstić information content (AvgIpc) is 3.71. The second-order valence-electron chi connectivity index (χ2n) is 9.37. The predicted molar refractivity (Wildman–Crippen MR) is 144 cm³/mol. The number of anilines is 2. The van der Waals surface area contributed by atoms with Gasteiger partial charge in [-0.25, -0.2) is 13.8 Å². The lowest BCUT2D eigenvalue weighted by Gasteiger charge is -2.30. The van der Waals surface area contributed by atoms with Gasteiger partial charge in [-0.1, -0.05) is 17.3 Å². The number of carbonyl (C=O) groups excluding carboxylic acids is 3. The number of hydrogen-bond acceptors (Lipinski definition) is 10. The van der Waals surface area contributed by atoms with E-state index in [0.717, 1.165) is 36.4 Å². The molecule has 1 aliphatic carbocycles. The van der Waals surface area contributed by atoms with Crippen molar-refractivity contribution < 1.29 is 32.6 Å². The lowest BCUT2D eigenvalue weighted by Crippen LogP contribution is -2.41. The maximum absolute atomic E-state index is 13.6. The Kier molecular flexibility index (Phi) is 8.16. The van der Waals surface area contributed by atoms with Gasteiger partial charge in [0.2, 0.25) is 11.0 Å². The first-order chi connectivity index (χ1) is 19.8. The molecule has 1 atom stereocenters. The Hall–Kier alpha value is -4.51. The van der Waals surface area contributed by atoms with Gasteiger partial charge >= 0.3 is 5.97 Å². The first-order valence-electron chi connectivity index (χ1n) is 12.6. The molecule has 1 unspecified atom stereocenters. The number of rotatable bonds is 7. The van der Waals surface area contributed by atoms with Gasteiger partial charge in [0.05, 0.1) is 31.9 Å². The molecule has 41 heavy (non-hydrogen) atoms. The lowest BCUT2D eigenvalue weighted by atomic mass is 9.95. The summed E-state index contributed by atoms with van der Waals surface area (Å²) in [7, 11) is 2.60. The maximum atomic E-state index is 13.6. The molecule has 0 aromatic carbocycles. The fraction of sp³-hybridized carbons (Fsp3) is 0.370. The van der Waals surface area contributed by atoms with E-state index < -0.39 is 29.9 Å². The number of carbonyl (C=O) groups is 3. The van der Waals surface area contributed by atoms with E-state index in [2.05, 4.69) is 37.3 Å². The van der Waals surface area contributed by atoms with Crippen LogP contribution in [0.4, 0.5) is 19.7 Å². The molecule has 3 aromatic heterocycles. The second-order valence-corrected chi connectivity index (χ2v) is 10.3. The van der Waals surface area contributed by atoms with E-state index in [9.17, 15) is 23.2 Å². The summed E-state index contributed by atoms with van der Waals surface area (Å²) in [4.78, 5) is 47.8. The van der Waals surface area contributed by atoms with Crippen LogP contribution in [0.1, 0.15) is 53.2 Å². The van der Waals surface area contributed by atoms with Crippen LogP contribution in [0.25, 0.3) is 11.1 Å². The Bertz CT molecular complexity index is 1560.